The molecule has 0 aromatic heterocycles. The zero-order valence-electron chi connectivity index (χ0n) is 11.2. The molecule has 0 radical (unpaired) electrons. The number of carbonyl (C=O) groups is 2. The minimum absolute atomic E-state index is 0.0327. The van der Waals surface area contributed by atoms with Crippen LogP contribution in [0.1, 0.15) is 28.8 Å². The molecule has 0 saturated carbocycles. The van der Waals surface area contributed by atoms with Crippen molar-refractivity contribution < 1.29 is 9.59 Å². The van der Waals surface area contributed by atoms with Crippen molar-refractivity contribution in [3.05, 3.63) is 29.3 Å². The van der Waals surface area contributed by atoms with Gasteiger partial charge in [0.1, 0.15) is 0 Å². The van der Waals surface area contributed by atoms with Crippen molar-refractivity contribution in [1.82, 2.24) is 10.6 Å². The van der Waals surface area contributed by atoms with Crippen molar-refractivity contribution in [1.29, 1.82) is 0 Å². The third-order valence-corrected chi connectivity index (χ3v) is 3.44. The van der Waals surface area contributed by atoms with Crippen molar-refractivity contribution >= 4 is 17.5 Å². The second-order valence-electron chi connectivity index (χ2n) is 4.70. The van der Waals surface area contributed by atoms with E-state index >= 15 is 0 Å². The van der Waals surface area contributed by atoms with E-state index in [0.717, 1.165) is 24.9 Å². The van der Waals surface area contributed by atoms with E-state index in [0.29, 0.717) is 11.3 Å². The van der Waals surface area contributed by atoms with Crippen LogP contribution in [0.25, 0.3) is 0 Å². The first-order valence-electron chi connectivity index (χ1n) is 6.49. The van der Waals surface area contributed by atoms with E-state index in [1.807, 2.05) is 13.0 Å². The summed E-state index contributed by atoms with van der Waals surface area (Å²) in [4.78, 5) is 23.7. The minimum atomic E-state index is -0.146. The second-order valence-corrected chi connectivity index (χ2v) is 4.70. The SMILES string of the molecule is CNC(=O)c1cccc(NC(=O)C2CCCN2)c1C. The summed E-state index contributed by atoms with van der Waals surface area (Å²) in [7, 11) is 1.59. The molecule has 1 unspecified atom stereocenters. The van der Waals surface area contributed by atoms with Crippen molar-refractivity contribution in [2.75, 3.05) is 18.9 Å². The van der Waals surface area contributed by atoms with Crippen LogP contribution in [0.3, 0.4) is 0 Å². The first-order chi connectivity index (χ1) is 9.13. The van der Waals surface area contributed by atoms with Gasteiger partial charge in [0.05, 0.1) is 6.04 Å². The molecule has 102 valence electrons. The lowest BCUT2D eigenvalue weighted by Crippen LogP contribution is -2.35. The summed E-state index contributed by atoms with van der Waals surface area (Å²) in [5, 5.41) is 8.64. The van der Waals surface area contributed by atoms with Crippen LogP contribution in [-0.4, -0.2) is 31.4 Å². The molecular weight excluding hydrogens is 242 g/mol. The summed E-state index contributed by atoms with van der Waals surface area (Å²) < 4.78 is 0. The molecule has 1 saturated heterocycles. The molecule has 2 rings (SSSR count). The number of hydrogen-bond donors (Lipinski definition) is 3. The molecule has 0 aliphatic carbocycles. The molecule has 1 aliphatic heterocycles. The van der Waals surface area contributed by atoms with Gasteiger partial charge in [0, 0.05) is 18.3 Å². The molecule has 1 heterocycles. The number of hydrogen-bond acceptors (Lipinski definition) is 3. The lowest BCUT2D eigenvalue weighted by Gasteiger charge is -2.14. The quantitative estimate of drug-likeness (QED) is 0.761. The number of nitrogens with one attached hydrogen (secondary N) is 3. The van der Waals surface area contributed by atoms with E-state index in [2.05, 4.69) is 16.0 Å². The molecule has 19 heavy (non-hydrogen) atoms. The Morgan fingerprint density at radius 3 is 2.79 bits per heavy atom. The van der Waals surface area contributed by atoms with Gasteiger partial charge in [-0.05, 0) is 44.0 Å². The van der Waals surface area contributed by atoms with Gasteiger partial charge in [0.2, 0.25) is 5.91 Å². The van der Waals surface area contributed by atoms with Crippen LogP contribution in [-0.2, 0) is 4.79 Å². The summed E-state index contributed by atoms with van der Waals surface area (Å²) in [6.07, 6.45) is 1.88. The van der Waals surface area contributed by atoms with Gasteiger partial charge in [0.25, 0.3) is 5.91 Å². The molecule has 3 N–H and O–H groups in total. The zero-order valence-corrected chi connectivity index (χ0v) is 11.2. The zero-order chi connectivity index (χ0) is 13.8. The topological polar surface area (TPSA) is 70.2 Å². The fraction of sp³-hybridized carbons (Fsp3) is 0.429. The Hall–Kier alpha value is -1.88. The van der Waals surface area contributed by atoms with Gasteiger partial charge in [-0.2, -0.15) is 0 Å². The standard InChI is InChI=1S/C14H19N3O2/c1-9-10(13(18)15-2)5-3-6-11(9)17-14(19)12-7-4-8-16-12/h3,5-6,12,16H,4,7-8H2,1-2H3,(H,15,18)(H,17,19). The summed E-state index contributed by atoms with van der Waals surface area (Å²) in [5.74, 6) is -0.178. The average molecular weight is 261 g/mol. The van der Waals surface area contributed by atoms with Gasteiger partial charge in [-0.25, -0.2) is 0 Å². The number of carbonyl (C=O) groups excluding carboxylic acids is 2. The van der Waals surface area contributed by atoms with E-state index in [4.69, 9.17) is 0 Å². The van der Waals surface area contributed by atoms with E-state index in [1.54, 1.807) is 19.2 Å². The molecule has 5 heteroatoms. The molecule has 1 fully saturated rings. The van der Waals surface area contributed by atoms with E-state index in [-0.39, 0.29) is 17.9 Å². The van der Waals surface area contributed by atoms with Gasteiger partial charge in [-0.3, -0.25) is 9.59 Å². The molecule has 1 atom stereocenters. The molecular formula is C14H19N3O2. The van der Waals surface area contributed by atoms with Crippen LogP contribution in [0, 0.1) is 6.92 Å². The van der Waals surface area contributed by atoms with Crippen LogP contribution in [0.5, 0.6) is 0 Å². The third kappa shape index (κ3) is 2.93. The first-order valence-corrected chi connectivity index (χ1v) is 6.49. The van der Waals surface area contributed by atoms with Crippen LogP contribution >= 0.6 is 0 Å². The van der Waals surface area contributed by atoms with E-state index < -0.39 is 0 Å². The van der Waals surface area contributed by atoms with Gasteiger partial charge in [-0.15, -0.1) is 0 Å². The van der Waals surface area contributed by atoms with Crippen molar-refractivity contribution in [3.63, 3.8) is 0 Å². The second kappa shape index (κ2) is 5.84. The Morgan fingerprint density at radius 2 is 2.16 bits per heavy atom. The number of benzene rings is 1. The predicted molar refractivity (Wildman–Crippen MR) is 74.2 cm³/mol. The predicted octanol–water partition coefficient (Wildman–Crippen LogP) is 1.05. The lowest BCUT2D eigenvalue weighted by molar-refractivity contribution is -0.117. The Balaban J connectivity index is 2.16. The third-order valence-electron chi connectivity index (χ3n) is 3.44. The molecule has 2 amide bonds. The summed E-state index contributed by atoms with van der Waals surface area (Å²) in [6, 6.07) is 5.21. The first kappa shape index (κ1) is 13.5. The Bertz CT molecular complexity index is 493. The monoisotopic (exact) mass is 261 g/mol. The number of rotatable bonds is 3. The molecule has 0 bridgehead atoms. The van der Waals surface area contributed by atoms with Crippen LogP contribution in [0.2, 0.25) is 0 Å². The Labute approximate surface area is 112 Å². The highest BCUT2D eigenvalue weighted by atomic mass is 16.2. The minimum Gasteiger partial charge on any atom is -0.355 e. The van der Waals surface area contributed by atoms with Gasteiger partial charge in [-0.1, -0.05) is 6.07 Å². The van der Waals surface area contributed by atoms with Crippen molar-refractivity contribution in [2.24, 2.45) is 0 Å². The smallest absolute Gasteiger partial charge is 0.251 e. The van der Waals surface area contributed by atoms with E-state index in [9.17, 15) is 9.59 Å². The van der Waals surface area contributed by atoms with Gasteiger partial charge in [0.15, 0.2) is 0 Å². The van der Waals surface area contributed by atoms with Gasteiger partial charge < -0.3 is 16.0 Å². The maximum atomic E-state index is 12.0. The highest BCUT2D eigenvalue weighted by molar-refractivity contribution is 6.00. The molecule has 1 aromatic rings. The summed E-state index contributed by atoms with van der Waals surface area (Å²) >= 11 is 0. The van der Waals surface area contributed by atoms with Crippen molar-refractivity contribution in [3.8, 4) is 0 Å². The van der Waals surface area contributed by atoms with Gasteiger partial charge >= 0.3 is 0 Å². The van der Waals surface area contributed by atoms with E-state index in [1.165, 1.54) is 0 Å². The highest BCUT2D eigenvalue weighted by Gasteiger charge is 2.22. The normalized spacial score (nSPS) is 18.1. The molecule has 1 aliphatic rings. The average Bonchev–Trinajstić information content (AvgIpc) is 2.94. The molecule has 1 aromatic carbocycles. The fourth-order valence-corrected chi connectivity index (χ4v) is 2.28. The number of amides is 2. The lowest BCUT2D eigenvalue weighted by atomic mass is 10.1. The van der Waals surface area contributed by atoms with Crippen LogP contribution in [0.4, 0.5) is 5.69 Å². The Morgan fingerprint density at radius 1 is 1.37 bits per heavy atom. The highest BCUT2D eigenvalue weighted by Crippen LogP contribution is 2.20. The maximum Gasteiger partial charge on any atom is 0.251 e. The number of anilines is 1. The largest absolute Gasteiger partial charge is 0.355 e. The Kier molecular flexibility index (Phi) is 4.16. The van der Waals surface area contributed by atoms with Crippen LogP contribution < -0.4 is 16.0 Å². The maximum absolute atomic E-state index is 12.0. The summed E-state index contributed by atoms with van der Waals surface area (Å²) in [5.41, 5.74) is 2.06. The summed E-state index contributed by atoms with van der Waals surface area (Å²) in [6.45, 7) is 2.72. The van der Waals surface area contributed by atoms with Crippen LogP contribution in [0.15, 0.2) is 18.2 Å². The fourth-order valence-electron chi connectivity index (χ4n) is 2.28. The molecule has 0 spiro atoms. The van der Waals surface area contributed by atoms with Crippen molar-refractivity contribution in [2.45, 2.75) is 25.8 Å². The molecule has 5 nitrogen and oxygen atoms in total.